The molecule has 1 saturated heterocycles. The zero-order valence-electron chi connectivity index (χ0n) is 12.3. The molecule has 3 heterocycles. The fraction of sp³-hybridized carbons (Fsp3) is 0.357. The average molecular weight is 339 g/mol. The fourth-order valence-corrected chi connectivity index (χ4v) is 3.67. The summed E-state index contributed by atoms with van der Waals surface area (Å²) in [5.74, 6) is 0.218. The van der Waals surface area contributed by atoms with Gasteiger partial charge in [0.25, 0.3) is 5.91 Å². The lowest BCUT2D eigenvalue weighted by Gasteiger charge is -2.25. The van der Waals surface area contributed by atoms with Gasteiger partial charge in [-0.2, -0.15) is 4.31 Å². The van der Waals surface area contributed by atoms with E-state index >= 15 is 0 Å². The van der Waals surface area contributed by atoms with Gasteiger partial charge in [0.2, 0.25) is 10.0 Å². The average Bonchev–Trinajstić information content (AvgIpc) is 3.25. The van der Waals surface area contributed by atoms with Crippen LogP contribution in [-0.4, -0.2) is 49.9 Å². The Balaban J connectivity index is 1.68. The van der Waals surface area contributed by atoms with Gasteiger partial charge in [0.1, 0.15) is 16.3 Å². The summed E-state index contributed by atoms with van der Waals surface area (Å²) in [6.07, 6.45) is 2.84. The molecule has 8 nitrogen and oxygen atoms in total. The molecule has 23 heavy (non-hydrogen) atoms. The zero-order valence-corrected chi connectivity index (χ0v) is 13.1. The van der Waals surface area contributed by atoms with Crippen LogP contribution in [0.25, 0.3) is 0 Å². The van der Waals surface area contributed by atoms with Crippen molar-refractivity contribution in [2.45, 2.75) is 11.4 Å². The minimum Gasteiger partial charge on any atom is -0.467 e. The highest BCUT2D eigenvalue weighted by atomic mass is 32.2. The molecule has 9 heteroatoms. The van der Waals surface area contributed by atoms with Crippen molar-refractivity contribution in [3.8, 4) is 0 Å². The van der Waals surface area contributed by atoms with E-state index in [1.165, 1.54) is 22.8 Å². The van der Waals surface area contributed by atoms with Crippen molar-refractivity contribution in [3.05, 3.63) is 42.1 Å². The first-order valence-electron chi connectivity index (χ1n) is 7.14. The highest BCUT2D eigenvalue weighted by Crippen LogP contribution is 2.18. The van der Waals surface area contributed by atoms with E-state index in [4.69, 9.17) is 9.15 Å². The zero-order chi connectivity index (χ0) is 16.3. The number of rotatable bonds is 5. The third-order valence-electron chi connectivity index (χ3n) is 3.51. The van der Waals surface area contributed by atoms with Crippen molar-refractivity contribution < 1.29 is 22.4 Å². The van der Waals surface area contributed by atoms with Gasteiger partial charge in [-0.05, 0) is 18.2 Å². The Morgan fingerprint density at radius 3 is 2.83 bits per heavy atom. The number of H-pyrrole nitrogens is 1. The molecule has 3 rings (SSSR count). The molecule has 0 bridgehead atoms. The molecule has 1 aliphatic rings. The highest BCUT2D eigenvalue weighted by Gasteiger charge is 2.27. The molecule has 0 spiro atoms. The first-order valence-corrected chi connectivity index (χ1v) is 8.58. The number of nitrogens with one attached hydrogen (secondary N) is 2. The third kappa shape index (κ3) is 3.46. The van der Waals surface area contributed by atoms with Crippen LogP contribution in [0.2, 0.25) is 0 Å². The number of ether oxygens (including phenoxy) is 1. The van der Waals surface area contributed by atoms with Gasteiger partial charge in [-0.1, -0.05) is 0 Å². The molecule has 0 atom stereocenters. The summed E-state index contributed by atoms with van der Waals surface area (Å²) in [4.78, 5) is 14.8. The molecule has 1 aliphatic heterocycles. The lowest BCUT2D eigenvalue weighted by molar-refractivity contribution is 0.0730. The largest absolute Gasteiger partial charge is 0.467 e. The molecule has 124 valence electrons. The first kappa shape index (κ1) is 15.8. The number of morpholine rings is 1. The van der Waals surface area contributed by atoms with E-state index in [-0.39, 0.29) is 17.1 Å². The van der Waals surface area contributed by atoms with E-state index in [0.29, 0.717) is 32.1 Å². The first-order chi connectivity index (χ1) is 11.1. The second kappa shape index (κ2) is 6.57. The SMILES string of the molecule is O=C(NCc1ccco1)c1cc(S(=O)(=O)N2CCOCC2)c[nH]1. The van der Waals surface area contributed by atoms with Crippen LogP contribution in [0.4, 0.5) is 0 Å². The molecule has 2 N–H and O–H groups in total. The monoisotopic (exact) mass is 339 g/mol. The molecule has 0 aromatic carbocycles. The van der Waals surface area contributed by atoms with Gasteiger partial charge in [-0.15, -0.1) is 0 Å². The summed E-state index contributed by atoms with van der Waals surface area (Å²) in [5.41, 5.74) is 0.184. The third-order valence-corrected chi connectivity index (χ3v) is 5.39. The summed E-state index contributed by atoms with van der Waals surface area (Å²) >= 11 is 0. The Labute approximate surface area is 133 Å². The number of hydrogen-bond acceptors (Lipinski definition) is 5. The van der Waals surface area contributed by atoms with Crippen LogP contribution in [0.15, 0.2) is 40.0 Å². The van der Waals surface area contributed by atoms with E-state index in [1.807, 2.05) is 0 Å². The standard InChI is InChI=1S/C14H17N3O5S/c18-14(16-9-11-2-1-5-22-11)13-8-12(10-15-13)23(19,20)17-3-6-21-7-4-17/h1-2,5,8,10,15H,3-4,6-7,9H2,(H,16,18). The molecule has 1 amide bonds. The smallest absolute Gasteiger partial charge is 0.268 e. The Hall–Kier alpha value is -2.10. The highest BCUT2D eigenvalue weighted by molar-refractivity contribution is 7.89. The Morgan fingerprint density at radius 2 is 2.13 bits per heavy atom. The second-order valence-electron chi connectivity index (χ2n) is 5.03. The van der Waals surface area contributed by atoms with Gasteiger partial charge >= 0.3 is 0 Å². The number of furan rings is 1. The molecule has 0 unspecified atom stereocenters. The number of nitrogens with zero attached hydrogens (tertiary/aromatic N) is 1. The van der Waals surface area contributed by atoms with Crippen LogP contribution < -0.4 is 5.32 Å². The molecule has 1 fully saturated rings. The number of amides is 1. The van der Waals surface area contributed by atoms with E-state index < -0.39 is 15.9 Å². The van der Waals surface area contributed by atoms with Crippen LogP contribution in [0, 0.1) is 0 Å². The number of aromatic nitrogens is 1. The van der Waals surface area contributed by atoms with Gasteiger partial charge in [0.15, 0.2) is 0 Å². The molecule has 0 radical (unpaired) electrons. The molecular formula is C14H17N3O5S. The number of carbonyl (C=O) groups is 1. The van der Waals surface area contributed by atoms with E-state index in [0.717, 1.165) is 0 Å². The number of sulfonamides is 1. The van der Waals surface area contributed by atoms with E-state index in [9.17, 15) is 13.2 Å². The summed E-state index contributed by atoms with van der Waals surface area (Å²) in [6.45, 7) is 1.61. The minimum atomic E-state index is -3.61. The maximum absolute atomic E-state index is 12.5. The lowest BCUT2D eigenvalue weighted by atomic mass is 10.4. The minimum absolute atomic E-state index is 0.0718. The quantitative estimate of drug-likeness (QED) is 0.828. The van der Waals surface area contributed by atoms with Crippen molar-refractivity contribution >= 4 is 15.9 Å². The second-order valence-corrected chi connectivity index (χ2v) is 6.97. The normalized spacial score (nSPS) is 16.3. The fourth-order valence-electron chi connectivity index (χ4n) is 2.27. The Morgan fingerprint density at radius 1 is 1.35 bits per heavy atom. The van der Waals surface area contributed by atoms with Crippen LogP contribution in [0.3, 0.4) is 0 Å². The van der Waals surface area contributed by atoms with Crippen LogP contribution in [0.1, 0.15) is 16.2 Å². The van der Waals surface area contributed by atoms with Crippen LogP contribution >= 0.6 is 0 Å². The van der Waals surface area contributed by atoms with Crippen molar-refractivity contribution in [1.29, 1.82) is 0 Å². The van der Waals surface area contributed by atoms with Gasteiger partial charge in [0.05, 0.1) is 26.0 Å². The van der Waals surface area contributed by atoms with Gasteiger partial charge in [-0.3, -0.25) is 4.79 Å². The van der Waals surface area contributed by atoms with Gasteiger partial charge in [-0.25, -0.2) is 8.42 Å². The van der Waals surface area contributed by atoms with E-state index in [1.54, 1.807) is 12.1 Å². The summed E-state index contributed by atoms with van der Waals surface area (Å²) < 4.78 is 36.6. The summed E-state index contributed by atoms with van der Waals surface area (Å²) in [5, 5.41) is 2.65. The molecular weight excluding hydrogens is 322 g/mol. The van der Waals surface area contributed by atoms with Gasteiger partial charge < -0.3 is 19.5 Å². The van der Waals surface area contributed by atoms with Crippen molar-refractivity contribution in [1.82, 2.24) is 14.6 Å². The Kier molecular flexibility index (Phi) is 4.51. The van der Waals surface area contributed by atoms with Crippen molar-refractivity contribution in [2.24, 2.45) is 0 Å². The van der Waals surface area contributed by atoms with Crippen molar-refractivity contribution in [2.75, 3.05) is 26.3 Å². The lowest BCUT2D eigenvalue weighted by Crippen LogP contribution is -2.40. The van der Waals surface area contributed by atoms with Crippen LogP contribution in [0.5, 0.6) is 0 Å². The molecule has 2 aromatic rings. The van der Waals surface area contributed by atoms with Gasteiger partial charge in [0, 0.05) is 19.3 Å². The maximum atomic E-state index is 12.5. The molecule has 0 saturated carbocycles. The summed E-state index contributed by atoms with van der Waals surface area (Å²) in [7, 11) is -3.61. The number of carbonyl (C=O) groups excluding carboxylic acids is 1. The number of hydrogen-bond donors (Lipinski definition) is 2. The predicted molar refractivity (Wildman–Crippen MR) is 80.2 cm³/mol. The molecule has 2 aromatic heterocycles. The maximum Gasteiger partial charge on any atom is 0.268 e. The Bertz CT molecular complexity index is 760. The summed E-state index contributed by atoms with van der Waals surface area (Å²) in [6, 6.07) is 4.80. The van der Waals surface area contributed by atoms with Crippen LogP contribution in [-0.2, 0) is 21.3 Å². The molecule has 0 aliphatic carbocycles. The topological polar surface area (TPSA) is 105 Å². The number of aromatic amines is 1. The predicted octanol–water partition coefficient (Wildman–Crippen LogP) is 0.559. The van der Waals surface area contributed by atoms with E-state index in [2.05, 4.69) is 10.3 Å². The van der Waals surface area contributed by atoms with Crippen molar-refractivity contribution in [3.63, 3.8) is 0 Å².